The number of amides is 1. The Bertz CT molecular complexity index is 235. The van der Waals surface area contributed by atoms with Crippen molar-refractivity contribution in [2.75, 3.05) is 11.9 Å². The fourth-order valence-electron chi connectivity index (χ4n) is 0.764. The van der Waals surface area contributed by atoms with Crippen LogP contribution < -0.4 is 5.32 Å². The minimum Gasteiger partial charge on any atom is -0.351 e. The lowest BCUT2D eigenvalue weighted by Gasteiger charge is -2.00. The summed E-state index contributed by atoms with van der Waals surface area (Å²) in [6, 6.07) is 3.71. The van der Waals surface area contributed by atoms with E-state index in [1.54, 1.807) is 0 Å². The third-order valence-corrected chi connectivity index (χ3v) is 2.77. The molecular formula is C8H10BrNOS. The number of halogens is 1. The third-order valence-electron chi connectivity index (χ3n) is 1.34. The predicted octanol–water partition coefficient (Wildman–Crippen LogP) is 2.26. The number of nitrogens with one attached hydrogen (secondary N) is 1. The van der Waals surface area contributed by atoms with Gasteiger partial charge in [-0.15, -0.1) is 11.3 Å². The quantitative estimate of drug-likeness (QED) is 0.642. The molecule has 0 fully saturated rings. The monoisotopic (exact) mass is 247 g/mol. The Balaban J connectivity index is 2.30. The Morgan fingerprint density at radius 1 is 1.67 bits per heavy atom. The molecule has 0 atom stereocenters. The molecule has 12 heavy (non-hydrogen) atoms. The highest BCUT2D eigenvalue weighted by Gasteiger charge is 2.03. The summed E-state index contributed by atoms with van der Waals surface area (Å²) in [5, 5.41) is 5.66. The molecule has 1 heterocycles. The Morgan fingerprint density at radius 3 is 3.08 bits per heavy atom. The molecule has 2 nitrogen and oxygen atoms in total. The largest absolute Gasteiger partial charge is 0.351 e. The highest BCUT2D eigenvalue weighted by molar-refractivity contribution is 9.09. The van der Waals surface area contributed by atoms with Gasteiger partial charge in [0.15, 0.2) is 0 Å². The summed E-state index contributed by atoms with van der Waals surface area (Å²) in [5.74, 6) is 0.0333. The Kier molecular flexibility index (Phi) is 4.32. The molecule has 4 heteroatoms. The first-order chi connectivity index (χ1) is 5.84. The molecule has 0 radical (unpaired) electrons. The topological polar surface area (TPSA) is 29.1 Å². The number of hydrogen-bond acceptors (Lipinski definition) is 2. The van der Waals surface area contributed by atoms with Crippen molar-refractivity contribution in [2.24, 2.45) is 0 Å². The second kappa shape index (κ2) is 5.32. The van der Waals surface area contributed by atoms with Crippen LogP contribution in [0.15, 0.2) is 17.5 Å². The van der Waals surface area contributed by atoms with Crippen LogP contribution >= 0.6 is 27.3 Å². The van der Waals surface area contributed by atoms with Crippen molar-refractivity contribution in [3.8, 4) is 0 Å². The molecule has 0 saturated carbocycles. The molecule has 0 aliphatic rings. The van der Waals surface area contributed by atoms with E-state index in [-0.39, 0.29) is 5.91 Å². The van der Waals surface area contributed by atoms with Gasteiger partial charge in [-0.1, -0.05) is 22.0 Å². The average Bonchev–Trinajstić information content (AvgIpc) is 2.56. The summed E-state index contributed by atoms with van der Waals surface area (Å²) < 4.78 is 0. The van der Waals surface area contributed by atoms with E-state index in [0.717, 1.165) is 23.2 Å². The minimum absolute atomic E-state index is 0.0333. The molecule has 1 aromatic rings. The van der Waals surface area contributed by atoms with Crippen molar-refractivity contribution in [3.63, 3.8) is 0 Å². The SMILES string of the molecule is O=C(NCCCBr)c1cccs1. The number of rotatable bonds is 4. The highest BCUT2D eigenvalue weighted by atomic mass is 79.9. The van der Waals surface area contributed by atoms with Crippen LogP contribution in [0.3, 0.4) is 0 Å². The lowest BCUT2D eigenvalue weighted by Crippen LogP contribution is -2.23. The molecule has 0 aromatic carbocycles. The third kappa shape index (κ3) is 2.95. The molecule has 0 unspecified atom stereocenters. The maximum Gasteiger partial charge on any atom is 0.261 e. The van der Waals surface area contributed by atoms with Crippen LogP contribution in [0, 0.1) is 0 Å². The number of alkyl halides is 1. The molecule has 1 rings (SSSR count). The van der Waals surface area contributed by atoms with Crippen LogP contribution in [0.4, 0.5) is 0 Å². The van der Waals surface area contributed by atoms with Crippen LogP contribution in [0.25, 0.3) is 0 Å². The Morgan fingerprint density at radius 2 is 2.50 bits per heavy atom. The zero-order valence-corrected chi connectivity index (χ0v) is 8.95. The van der Waals surface area contributed by atoms with E-state index in [1.807, 2.05) is 17.5 Å². The van der Waals surface area contributed by atoms with Gasteiger partial charge < -0.3 is 5.32 Å². The van der Waals surface area contributed by atoms with Crippen molar-refractivity contribution >= 4 is 33.2 Å². The maximum absolute atomic E-state index is 11.3. The summed E-state index contributed by atoms with van der Waals surface area (Å²) in [4.78, 5) is 12.0. The smallest absolute Gasteiger partial charge is 0.261 e. The number of hydrogen-bond donors (Lipinski definition) is 1. The van der Waals surface area contributed by atoms with Crippen molar-refractivity contribution in [1.82, 2.24) is 5.32 Å². The zero-order valence-electron chi connectivity index (χ0n) is 6.55. The number of thiophene rings is 1. The van der Waals surface area contributed by atoms with Gasteiger partial charge in [-0.05, 0) is 17.9 Å². The average molecular weight is 248 g/mol. The fourth-order valence-corrected chi connectivity index (χ4v) is 1.68. The van der Waals surface area contributed by atoms with Crippen LogP contribution in [0.5, 0.6) is 0 Å². The standard InChI is InChI=1S/C8H10BrNOS/c9-4-2-5-10-8(11)7-3-1-6-12-7/h1,3,6H,2,4-5H2,(H,10,11). The van der Waals surface area contributed by atoms with Gasteiger partial charge in [0.2, 0.25) is 0 Å². The number of carbonyl (C=O) groups excluding carboxylic acids is 1. The summed E-state index contributed by atoms with van der Waals surface area (Å²) >= 11 is 4.76. The molecule has 1 aromatic heterocycles. The highest BCUT2D eigenvalue weighted by Crippen LogP contribution is 2.07. The Hall–Kier alpha value is -0.350. The van der Waals surface area contributed by atoms with Crippen molar-refractivity contribution < 1.29 is 4.79 Å². The molecule has 0 saturated heterocycles. The molecule has 0 spiro atoms. The van der Waals surface area contributed by atoms with Crippen LogP contribution in [0.1, 0.15) is 16.1 Å². The van der Waals surface area contributed by atoms with E-state index >= 15 is 0 Å². The van der Waals surface area contributed by atoms with Crippen molar-refractivity contribution in [3.05, 3.63) is 22.4 Å². The van der Waals surface area contributed by atoms with E-state index in [2.05, 4.69) is 21.2 Å². The van der Waals surface area contributed by atoms with Gasteiger partial charge in [0.1, 0.15) is 0 Å². The lowest BCUT2D eigenvalue weighted by atomic mass is 10.4. The molecule has 0 aliphatic carbocycles. The minimum atomic E-state index is 0.0333. The molecular weight excluding hydrogens is 238 g/mol. The second-order valence-corrected chi connectivity index (χ2v) is 4.02. The molecule has 1 amide bonds. The molecule has 0 aliphatic heterocycles. The fraction of sp³-hybridized carbons (Fsp3) is 0.375. The maximum atomic E-state index is 11.3. The van der Waals surface area contributed by atoms with Gasteiger partial charge >= 0.3 is 0 Å². The Labute approximate surface area is 84.1 Å². The normalized spacial score (nSPS) is 9.75. The lowest BCUT2D eigenvalue weighted by molar-refractivity contribution is 0.0958. The van der Waals surface area contributed by atoms with Crippen molar-refractivity contribution in [2.45, 2.75) is 6.42 Å². The molecule has 0 bridgehead atoms. The van der Waals surface area contributed by atoms with Gasteiger partial charge in [-0.3, -0.25) is 4.79 Å². The van der Waals surface area contributed by atoms with E-state index in [4.69, 9.17) is 0 Å². The predicted molar refractivity (Wildman–Crippen MR) is 55.1 cm³/mol. The first kappa shape index (κ1) is 9.74. The first-order valence-corrected chi connectivity index (χ1v) is 5.72. The van der Waals surface area contributed by atoms with Gasteiger partial charge in [-0.25, -0.2) is 0 Å². The summed E-state index contributed by atoms with van der Waals surface area (Å²) in [7, 11) is 0. The summed E-state index contributed by atoms with van der Waals surface area (Å²) in [6.45, 7) is 0.738. The molecule has 1 N–H and O–H groups in total. The zero-order chi connectivity index (χ0) is 8.81. The summed E-state index contributed by atoms with van der Waals surface area (Å²) in [5.41, 5.74) is 0. The van der Waals surface area contributed by atoms with Crippen molar-refractivity contribution in [1.29, 1.82) is 0 Å². The van der Waals surface area contributed by atoms with Crippen LogP contribution in [-0.2, 0) is 0 Å². The van der Waals surface area contributed by atoms with Gasteiger partial charge in [0, 0.05) is 11.9 Å². The van der Waals surface area contributed by atoms with Gasteiger partial charge in [0.05, 0.1) is 4.88 Å². The van der Waals surface area contributed by atoms with E-state index in [9.17, 15) is 4.79 Å². The number of carbonyl (C=O) groups is 1. The molecule has 66 valence electrons. The van der Waals surface area contributed by atoms with Crippen LogP contribution in [-0.4, -0.2) is 17.8 Å². The second-order valence-electron chi connectivity index (χ2n) is 2.28. The van der Waals surface area contributed by atoms with Gasteiger partial charge in [-0.2, -0.15) is 0 Å². The van der Waals surface area contributed by atoms with Gasteiger partial charge in [0.25, 0.3) is 5.91 Å². The van der Waals surface area contributed by atoms with E-state index in [1.165, 1.54) is 11.3 Å². The van der Waals surface area contributed by atoms with E-state index in [0.29, 0.717) is 0 Å². The van der Waals surface area contributed by atoms with Crippen LogP contribution in [0.2, 0.25) is 0 Å². The summed E-state index contributed by atoms with van der Waals surface area (Å²) in [6.07, 6.45) is 0.969. The van der Waals surface area contributed by atoms with E-state index < -0.39 is 0 Å². The first-order valence-electron chi connectivity index (χ1n) is 3.72.